The zero-order chi connectivity index (χ0) is 19.9. The smallest absolute Gasteiger partial charge is 0.222 e. The van der Waals surface area contributed by atoms with E-state index in [4.69, 9.17) is 4.74 Å². The number of carbonyl (C=O) groups is 1. The maximum absolute atomic E-state index is 12.0. The predicted octanol–water partition coefficient (Wildman–Crippen LogP) is 1.01. The van der Waals surface area contributed by atoms with Gasteiger partial charge in [-0.15, -0.1) is 24.0 Å². The largest absolute Gasteiger partial charge is 0.496 e. The third-order valence-electron chi connectivity index (χ3n) is 4.41. The number of aliphatic imine (C=N–C) groups is 1. The minimum Gasteiger partial charge on any atom is -0.496 e. The molecule has 1 aromatic rings. The van der Waals surface area contributed by atoms with Gasteiger partial charge in [0.1, 0.15) is 5.75 Å². The number of methoxy groups -OCH3 is 1. The van der Waals surface area contributed by atoms with Crippen molar-refractivity contribution in [3.05, 3.63) is 29.8 Å². The van der Waals surface area contributed by atoms with Gasteiger partial charge in [-0.3, -0.25) is 9.79 Å². The molecular formula is C18H29IN4O4S. The van der Waals surface area contributed by atoms with Crippen molar-refractivity contribution in [3.63, 3.8) is 0 Å². The van der Waals surface area contributed by atoms with Gasteiger partial charge in [-0.25, -0.2) is 8.42 Å². The van der Waals surface area contributed by atoms with Crippen molar-refractivity contribution in [2.45, 2.75) is 25.4 Å². The number of nitrogens with one attached hydrogen (secondary N) is 2. The quantitative estimate of drug-likeness (QED) is 0.314. The Kier molecular flexibility index (Phi) is 10.0. The highest BCUT2D eigenvalue weighted by molar-refractivity contribution is 14.0. The lowest BCUT2D eigenvalue weighted by molar-refractivity contribution is -0.121. The van der Waals surface area contributed by atoms with Gasteiger partial charge in [0, 0.05) is 45.2 Å². The lowest BCUT2D eigenvalue weighted by atomic mass is 10.2. The van der Waals surface area contributed by atoms with Crippen LogP contribution in [0.1, 0.15) is 18.4 Å². The van der Waals surface area contributed by atoms with Gasteiger partial charge in [0.15, 0.2) is 15.8 Å². The molecule has 1 atom stereocenters. The molecular weight excluding hydrogens is 495 g/mol. The molecule has 1 saturated heterocycles. The summed E-state index contributed by atoms with van der Waals surface area (Å²) in [6.07, 6.45) is 0.739. The van der Waals surface area contributed by atoms with E-state index < -0.39 is 9.84 Å². The summed E-state index contributed by atoms with van der Waals surface area (Å²) < 4.78 is 28.3. The molecule has 1 aliphatic rings. The second kappa shape index (κ2) is 11.4. The maximum atomic E-state index is 12.0. The van der Waals surface area contributed by atoms with Crippen molar-refractivity contribution in [2.24, 2.45) is 4.99 Å². The van der Waals surface area contributed by atoms with E-state index in [1.807, 2.05) is 36.2 Å². The second-order valence-electron chi connectivity index (χ2n) is 6.56. The number of hydrogen-bond donors (Lipinski definition) is 2. The number of rotatable bonds is 7. The van der Waals surface area contributed by atoms with E-state index in [1.165, 1.54) is 0 Å². The summed E-state index contributed by atoms with van der Waals surface area (Å²) in [7, 11) is 2.24. The Morgan fingerprint density at radius 2 is 2.07 bits per heavy atom. The zero-order valence-corrected chi connectivity index (χ0v) is 19.6. The Bertz CT molecular complexity index is 786. The van der Waals surface area contributed by atoms with Crippen molar-refractivity contribution < 1.29 is 17.9 Å². The Morgan fingerprint density at radius 3 is 2.68 bits per heavy atom. The van der Waals surface area contributed by atoms with Crippen molar-refractivity contribution in [1.82, 2.24) is 15.5 Å². The van der Waals surface area contributed by atoms with Gasteiger partial charge in [0.25, 0.3) is 0 Å². The Hall–Kier alpha value is -1.56. The van der Waals surface area contributed by atoms with Crippen LogP contribution in [0.5, 0.6) is 5.75 Å². The summed E-state index contributed by atoms with van der Waals surface area (Å²) in [6, 6.07) is 7.51. The molecule has 1 aliphatic heterocycles. The molecule has 2 rings (SSSR count). The first-order valence-electron chi connectivity index (χ1n) is 8.88. The van der Waals surface area contributed by atoms with E-state index in [9.17, 15) is 13.2 Å². The van der Waals surface area contributed by atoms with Crippen molar-refractivity contribution >= 4 is 45.7 Å². The molecule has 1 fully saturated rings. The normalized spacial score (nSPS) is 18.1. The average molecular weight is 524 g/mol. The Labute approximate surface area is 184 Å². The van der Waals surface area contributed by atoms with E-state index in [2.05, 4.69) is 15.6 Å². The standard InChI is InChI=1S/C18H28N4O4S.HI/c1-19-18(22(2)12-14-6-4-5-7-16(14)26-3)20-10-8-17(23)21-15-9-11-27(24,25)13-15;/h4-7,15H,8-13H2,1-3H3,(H,19,20)(H,21,23);1H. The Morgan fingerprint density at radius 1 is 1.36 bits per heavy atom. The number of halogens is 1. The van der Waals surface area contributed by atoms with Gasteiger partial charge < -0.3 is 20.3 Å². The molecule has 0 spiro atoms. The first kappa shape index (κ1) is 24.5. The molecule has 1 unspecified atom stereocenters. The van der Waals surface area contributed by atoms with Crippen LogP contribution in [0.25, 0.3) is 0 Å². The lowest BCUT2D eigenvalue weighted by Crippen LogP contribution is -2.41. The minimum absolute atomic E-state index is 0. The summed E-state index contributed by atoms with van der Waals surface area (Å²) in [4.78, 5) is 18.2. The number of ether oxygens (including phenoxy) is 1. The van der Waals surface area contributed by atoms with E-state index in [0.29, 0.717) is 25.5 Å². The number of guanidine groups is 1. The lowest BCUT2D eigenvalue weighted by Gasteiger charge is -2.23. The highest BCUT2D eigenvalue weighted by Gasteiger charge is 2.28. The van der Waals surface area contributed by atoms with Gasteiger partial charge in [-0.05, 0) is 12.5 Å². The van der Waals surface area contributed by atoms with Gasteiger partial charge in [-0.2, -0.15) is 0 Å². The third-order valence-corrected chi connectivity index (χ3v) is 6.17. The fourth-order valence-electron chi connectivity index (χ4n) is 3.05. The molecule has 1 heterocycles. The molecule has 0 saturated carbocycles. The molecule has 28 heavy (non-hydrogen) atoms. The molecule has 0 bridgehead atoms. The SMILES string of the molecule is CN=C(NCCC(=O)NC1CCS(=O)(=O)C1)N(C)Cc1ccccc1OC.I. The molecule has 8 nitrogen and oxygen atoms in total. The number of hydrogen-bond acceptors (Lipinski definition) is 5. The van der Waals surface area contributed by atoms with Crippen LogP contribution in [0, 0.1) is 0 Å². The average Bonchev–Trinajstić information content (AvgIpc) is 2.97. The van der Waals surface area contributed by atoms with Crippen LogP contribution >= 0.6 is 24.0 Å². The molecule has 0 aromatic heterocycles. The first-order valence-corrected chi connectivity index (χ1v) is 10.7. The summed E-state index contributed by atoms with van der Waals surface area (Å²) in [5.41, 5.74) is 1.03. The number of benzene rings is 1. The molecule has 1 amide bonds. The number of para-hydroxylation sites is 1. The van der Waals surface area contributed by atoms with E-state index >= 15 is 0 Å². The topological polar surface area (TPSA) is 100 Å². The Balaban J connectivity index is 0.00000392. The van der Waals surface area contributed by atoms with Crippen LogP contribution in [0.4, 0.5) is 0 Å². The summed E-state index contributed by atoms with van der Waals surface area (Å²) in [5, 5.41) is 5.94. The van der Waals surface area contributed by atoms with E-state index in [0.717, 1.165) is 11.3 Å². The van der Waals surface area contributed by atoms with Gasteiger partial charge in [0.2, 0.25) is 5.91 Å². The molecule has 1 aromatic carbocycles. The molecule has 0 aliphatic carbocycles. The van der Waals surface area contributed by atoms with E-state index in [1.54, 1.807) is 14.2 Å². The van der Waals surface area contributed by atoms with Crippen molar-refractivity contribution in [3.8, 4) is 5.75 Å². The molecule has 2 N–H and O–H groups in total. The highest BCUT2D eigenvalue weighted by atomic mass is 127. The van der Waals surface area contributed by atoms with Gasteiger partial charge in [-0.1, -0.05) is 18.2 Å². The van der Waals surface area contributed by atoms with E-state index in [-0.39, 0.29) is 53.9 Å². The van der Waals surface area contributed by atoms with Crippen molar-refractivity contribution in [1.29, 1.82) is 0 Å². The number of sulfone groups is 1. The van der Waals surface area contributed by atoms with Crippen LogP contribution in [-0.4, -0.2) is 70.5 Å². The van der Waals surface area contributed by atoms with Gasteiger partial charge in [0.05, 0.1) is 18.6 Å². The molecule has 0 radical (unpaired) electrons. The number of nitrogens with zero attached hydrogens (tertiary/aromatic N) is 2. The van der Waals surface area contributed by atoms with Crippen LogP contribution in [0.3, 0.4) is 0 Å². The van der Waals surface area contributed by atoms with Crippen LogP contribution in [0.2, 0.25) is 0 Å². The summed E-state index contributed by atoms with van der Waals surface area (Å²) >= 11 is 0. The first-order chi connectivity index (χ1) is 12.8. The summed E-state index contributed by atoms with van der Waals surface area (Å²) in [5.74, 6) is 1.50. The highest BCUT2D eigenvalue weighted by Crippen LogP contribution is 2.18. The fraction of sp³-hybridized carbons (Fsp3) is 0.556. The number of carbonyl (C=O) groups excluding carboxylic acids is 1. The fourth-order valence-corrected chi connectivity index (χ4v) is 4.72. The van der Waals surface area contributed by atoms with Crippen LogP contribution < -0.4 is 15.4 Å². The molecule has 158 valence electrons. The maximum Gasteiger partial charge on any atom is 0.222 e. The second-order valence-corrected chi connectivity index (χ2v) is 8.79. The molecule has 10 heteroatoms. The van der Waals surface area contributed by atoms with Crippen LogP contribution in [-0.2, 0) is 21.2 Å². The number of amides is 1. The zero-order valence-electron chi connectivity index (χ0n) is 16.5. The van der Waals surface area contributed by atoms with Crippen molar-refractivity contribution in [2.75, 3.05) is 39.3 Å². The monoisotopic (exact) mass is 524 g/mol. The minimum atomic E-state index is -2.99. The van der Waals surface area contributed by atoms with Gasteiger partial charge >= 0.3 is 0 Å². The predicted molar refractivity (Wildman–Crippen MR) is 121 cm³/mol. The third kappa shape index (κ3) is 7.46. The van der Waals surface area contributed by atoms with Crippen LogP contribution in [0.15, 0.2) is 29.3 Å². The summed E-state index contributed by atoms with van der Waals surface area (Å²) in [6.45, 7) is 1.02.